The van der Waals surface area contributed by atoms with Crippen molar-refractivity contribution in [3.63, 3.8) is 0 Å². The second-order valence-corrected chi connectivity index (χ2v) is 6.81. The van der Waals surface area contributed by atoms with E-state index in [1.165, 1.54) is 12.1 Å². The Hall–Kier alpha value is -1.80. The highest BCUT2D eigenvalue weighted by Gasteiger charge is 2.28. The number of H-pyrrole nitrogens is 1. The molecule has 8 heteroatoms. The average Bonchev–Trinajstić information content (AvgIpc) is 2.76. The van der Waals surface area contributed by atoms with Gasteiger partial charge in [-0.25, -0.2) is 14.1 Å². The van der Waals surface area contributed by atoms with Crippen molar-refractivity contribution in [1.29, 1.82) is 0 Å². The van der Waals surface area contributed by atoms with Crippen molar-refractivity contribution in [2.45, 2.75) is 26.4 Å². The molecule has 1 heterocycles. The molecule has 0 spiro atoms. The van der Waals surface area contributed by atoms with Crippen molar-refractivity contribution < 1.29 is 13.9 Å². The third-order valence-electron chi connectivity index (χ3n) is 2.29. The van der Waals surface area contributed by atoms with Gasteiger partial charge in [0, 0.05) is 0 Å². The number of halogens is 1. The van der Waals surface area contributed by atoms with Crippen LogP contribution in [0.15, 0.2) is 24.3 Å². The Kier molecular flexibility index (Phi) is 4.38. The molecule has 112 valence electrons. The van der Waals surface area contributed by atoms with Crippen molar-refractivity contribution in [3.8, 4) is 0 Å². The molecular weight excluding hydrogens is 313 g/mol. The second kappa shape index (κ2) is 5.90. The molecule has 1 N–H and O–H groups in total. The highest BCUT2D eigenvalue weighted by molar-refractivity contribution is 7.73. The van der Waals surface area contributed by atoms with Gasteiger partial charge in [0.25, 0.3) is 0 Å². The number of ether oxygens (including phenoxy) is 1. The van der Waals surface area contributed by atoms with E-state index in [1.807, 2.05) is 0 Å². The van der Waals surface area contributed by atoms with E-state index in [2.05, 4.69) is 10.2 Å². The minimum absolute atomic E-state index is 0.0597. The number of carbonyl (C=O) groups excluding carboxylic acids is 1. The van der Waals surface area contributed by atoms with Gasteiger partial charge in [-0.3, -0.25) is 5.10 Å². The van der Waals surface area contributed by atoms with Crippen LogP contribution in [0.5, 0.6) is 0 Å². The van der Waals surface area contributed by atoms with Crippen molar-refractivity contribution in [2.24, 2.45) is 0 Å². The third-order valence-corrected chi connectivity index (χ3v) is 3.36. The van der Waals surface area contributed by atoms with Gasteiger partial charge in [0.2, 0.25) is 5.13 Å². The van der Waals surface area contributed by atoms with E-state index in [0.29, 0.717) is 3.95 Å². The number of para-hydroxylation sites is 1. The Labute approximate surface area is 130 Å². The van der Waals surface area contributed by atoms with Gasteiger partial charge in [-0.1, -0.05) is 23.5 Å². The Morgan fingerprint density at radius 1 is 1.43 bits per heavy atom. The number of anilines is 2. The van der Waals surface area contributed by atoms with Crippen LogP contribution in [0.1, 0.15) is 20.8 Å². The zero-order valence-electron chi connectivity index (χ0n) is 11.7. The fourth-order valence-electron chi connectivity index (χ4n) is 1.54. The number of aromatic amines is 1. The third kappa shape index (κ3) is 3.85. The highest BCUT2D eigenvalue weighted by Crippen LogP contribution is 2.31. The summed E-state index contributed by atoms with van der Waals surface area (Å²) in [6.45, 7) is 5.20. The van der Waals surface area contributed by atoms with E-state index < -0.39 is 17.5 Å². The molecule has 0 radical (unpaired) electrons. The number of benzene rings is 1. The Morgan fingerprint density at radius 3 is 2.62 bits per heavy atom. The molecular formula is C13H14FN3O2S2. The second-order valence-electron chi connectivity index (χ2n) is 5.16. The van der Waals surface area contributed by atoms with E-state index in [9.17, 15) is 9.18 Å². The average molecular weight is 327 g/mol. The monoisotopic (exact) mass is 327 g/mol. The fraction of sp³-hybridized carbons (Fsp3) is 0.308. The Bertz CT molecular complexity index is 706. The smallest absolute Gasteiger partial charge is 0.421 e. The summed E-state index contributed by atoms with van der Waals surface area (Å²) in [5.74, 6) is -0.551. The maximum Gasteiger partial charge on any atom is 0.421 e. The minimum atomic E-state index is -0.717. The molecule has 1 amide bonds. The Morgan fingerprint density at radius 2 is 2.10 bits per heavy atom. The molecule has 21 heavy (non-hydrogen) atoms. The van der Waals surface area contributed by atoms with Crippen molar-refractivity contribution in [1.82, 2.24) is 10.2 Å². The van der Waals surface area contributed by atoms with Crippen LogP contribution in [-0.4, -0.2) is 21.9 Å². The van der Waals surface area contributed by atoms with Crippen molar-refractivity contribution >= 4 is 40.5 Å². The summed E-state index contributed by atoms with van der Waals surface area (Å²) in [7, 11) is 0. The molecule has 0 saturated heterocycles. The fourth-order valence-corrected chi connectivity index (χ4v) is 2.42. The summed E-state index contributed by atoms with van der Waals surface area (Å²) < 4.78 is 19.7. The van der Waals surface area contributed by atoms with Gasteiger partial charge in [-0.05, 0) is 45.1 Å². The molecule has 0 aliphatic heterocycles. The van der Waals surface area contributed by atoms with Crippen molar-refractivity contribution in [3.05, 3.63) is 34.0 Å². The van der Waals surface area contributed by atoms with E-state index >= 15 is 0 Å². The number of nitrogens with zero attached hydrogens (tertiary/aromatic N) is 2. The van der Waals surface area contributed by atoms with Crippen LogP contribution in [0.25, 0.3) is 0 Å². The highest BCUT2D eigenvalue weighted by atomic mass is 32.1. The van der Waals surface area contributed by atoms with E-state index in [0.717, 1.165) is 16.2 Å². The van der Waals surface area contributed by atoms with Crippen LogP contribution in [0.3, 0.4) is 0 Å². The van der Waals surface area contributed by atoms with Crippen molar-refractivity contribution in [2.75, 3.05) is 4.90 Å². The Balaban J connectivity index is 2.48. The summed E-state index contributed by atoms with van der Waals surface area (Å²) in [4.78, 5) is 13.4. The topological polar surface area (TPSA) is 58.2 Å². The molecule has 2 aromatic rings. The summed E-state index contributed by atoms with van der Waals surface area (Å²) in [5, 5.41) is 6.72. The standard InChI is InChI=1S/C13H14FN3O2S2/c1-13(2,3)19-12(18)17(10-15-16-11(20)21-10)9-7-5-4-6-8(9)14/h4-7H,1-3H3,(H,16,20). The van der Waals surface area contributed by atoms with Gasteiger partial charge in [0.1, 0.15) is 11.4 Å². The van der Waals surface area contributed by atoms with Gasteiger partial charge in [-0.15, -0.1) is 5.10 Å². The lowest BCUT2D eigenvalue weighted by Gasteiger charge is -2.25. The lowest BCUT2D eigenvalue weighted by molar-refractivity contribution is 0.0598. The molecule has 1 aromatic carbocycles. The van der Waals surface area contributed by atoms with Gasteiger partial charge < -0.3 is 4.74 Å². The summed E-state index contributed by atoms with van der Waals surface area (Å²) in [6, 6.07) is 5.91. The number of amides is 1. The van der Waals surface area contributed by atoms with E-state index in [-0.39, 0.29) is 10.8 Å². The number of rotatable bonds is 2. The lowest BCUT2D eigenvalue weighted by atomic mass is 10.2. The molecule has 0 atom stereocenters. The molecule has 0 unspecified atom stereocenters. The molecule has 0 aliphatic rings. The normalized spacial score (nSPS) is 11.2. The maximum atomic E-state index is 14.0. The van der Waals surface area contributed by atoms with Crippen LogP contribution >= 0.6 is 23.6 Å². The SMILES string of the molecule is CC(C)(C)OC(=O)N(c1n[nH]c(=S)s1)c1ccccc1F. The maximum absolute atomic E-state index is 14.0. The predicted octanol–water partition coefficient (Wildman–Crippen LogP) is 4.41. The van der Waals surface area contributed by atoms with Gasteiger partial charge >= 0.3 is 6.09 Å². The largest absolute Gasteiger partial charge is 0.443 e. The first-order valence-electron chi connectivity index (χ1n) is 6.11. The van der Waals surface area contributed by atoms with Crippen LogP contribution in [0.4, 0.5) is 20.0 Å². The molecule has 0 fully saturated rings. The first kappa shape index (κ1) is 15.6. The van der Waals surface area contributed by atoms with Gasteiger partial charge in [0.15, 0.2) is 3.95 Å². The molecule has 0 bridgehead atoms. The number of hydrogen-bond acceptors (Lipinski definition) is 5. The zero-order valence-corrected chi connectivity index (χ0v) is 13.3. The number of nitrogens with one attached hydrogen (secondary N) is 1. The number of carbonyl (C=O) groups is 1. The summed E-state index contributed by atoms with van der Waals surface area (Å²) in [5.41, 5.74) is -0.650. The first-order chi connectivity index (χ1) is 9.78. The van der Waals surface area contributed by atoms with E-state index in [1.54, 1.807) is 32.9 Å². The van der Waals surface area contributed by atoms with E-state index in [4.69, 9.17) is 17.0 Å². The number of hydrogen-bond donors (Lipinski definition) is 1. The van der Waals surface area contributed by atoms with Gasteiger partial charge in [0.05, 0.1) is 5.69 Å². The van der Waals surface area contributed by atoms with Crippen LogP contribution in [0, 0.1) is 9.77 Å². The van der Waals surface area contributed by atoms with Crippen LogP contribution in [0.2, 0.25) is 0 Å². The number of aromatic nitrogens is 2. The quantitative estimate of drug-likeness (QED) is 0.830. The minimum Gasteiger partial charge on any atom is -0.443 e. The molecule has 1 aromatic heterocycles. The molecule has 5 nitrogen and oxygen atoms in total. The predicted molar refractivity (Wildman–Crippen MR) is 82.1 cm³/mol. The van der Waals surface area contributed by atoms with Gasteiger partial charge in [-0.2, -0.15) is 0 Å². The lowest BCUT2D eigenvalue weighted by Crippen LogP contribution is -2.34. The zero-order chi connectivity index (χ0) is 15.6. The molecule has 2 rings (SSSR count). The molecule has 0 aliphatic carbocycles. The first-order valence-corrected chi connectivity index (χ1v) is 7.33. The molecule has 0 saturated carbocycles. The summed E-state index contributed by atoms with van der Waals surface area (Å²) in [6.07, 6.45) is -0.717. The van der Waals surface area contributed by atoms with Crippen LogP contribution < -0.4 is 4.90 Å². The van der Waals surface area contributed by atoms with Crippen LogP contribution in [-0.2, 0) is 4.74 Å². The summed E-state index contributed by atoms with van der Waals surface area (Å²) >= 11 is 6.02.